The minimum Gasteiger partial charge on any atom is -0.378 e. The lowest BCUT2D eigenvalue weighted by molar-refractivity contribution is -0.137. The Morgan fingerprint density at radius 1 is 1.03 bits per heavy atom. The summed E-state index contributed by atoms with van der Waals surface area (Å²) in [5.74, 6) is -0.447. The van der Waals surface area contributed by atoms with Gasteiger partial charge in [-0.1, -0.05) is 12.1 Å². The Labute approximate surface area is 189 Å². The molecule has 0 saturated carbocycles. The van der Waals surface area contributed by atoms with Crippen LogP contribution in [0.4, 0.5) is 30.2 Å². The van der Waals surface area contributed by atoms with Crippen LogP contribution >= 0.6 is 0 Å². The number of amides is 2. The Hall–Kier alpha value is -3.33. The molecule has 2 heterocycles. The zero-order chi connectivity index (χ0) is 23.4. The summed E-state index contributed by atoms with van der Waals surface area (Å²) >= 11 is 0. The lowest BCUT2D eigenvalue weighted by atomic mass is 10.1. The molecule has 174 valence electrons. The third-order valence-corrected chi connectivity index (χ3v) is 5.64. The van der Waals surface area contributed by atoms with Gasteiger partial charge >= 0.3 is 6.18 Å². The Balaban J connectivity index is 1.48. The van der Waals surface area contributed by atoms with Crippen LogP contribution in [0.3, 0.4) is 0 Å². The van der Waals surface area contributed by atoms with Gasteiger partial charge in [-0.2, -0.15) is 13.2 Å². The molecule has 0 aromatic heterocycles. The maximum absolute atomic E-state index is 13.2. The van der Waals surface area contributed by atoms with Gasteiger partial charge in [-0.3, -0.25) is 9.59 Å². The van der Waals surface area contributed by atoms with Gasteiger partial charge in [-0.05, 0) is 48.4 Å². The fourth-order valence-electron chi connectivity index (χ4n) is 3.93. The van der Waals surface area contributed by atoms with Crippen molar-refractivity contribution in [2.75, 3.05) is 48.0 Å². The molecule has 0 bridgehead atoms. The first-order valence-corrected chi connectivity index (χ1v) is 10.7. The average molecular weight is 459 g/mol. The van der Waals surface area contributed by atoms with E-state index in [1.54, 1.807) is 23.1 Å². The smallest absolute Gasteiger partial charge is 0.378 e. The minimum atomic E-state index is -4.52. The van der Waals surface area contributed by atoms with Gasteiger partial charge in [-0.15, -0.1) is 0 Å². The number of ether oxygens (including phenoxy) is 1. The topological polar surface area (TPSA) is 61.9 Å². The fourth-order valence-corrected chi connectivity index (χ4v) is 3.93. The molecular formula is C24H24F3N3O3. The van der Waals surface area contributed by atoms with E-state index in [9.17, 15) is 22.8 Å². The quantitative estimate of drug-likeness (QED) is 0.677. The second-order valence-electron chi connectivity index (χ2n) is 7.89. The molecule has 2 aliphatic heterocycles. The minimum absolute atomic E-state index is 0.0924. The second-order valence-corrected chi connectivity index (χ2v) is 7.89. The van der Waals surface area contributed by atoms with Crippen LogP contribution in [0.1, 0.15) is 24.0 Å². The number of carbonyl (C=O) groups is 2. The normalized spacial score (nSPS) is 17.1. The molecule has 2 aromatic rings. The number of nitrogens with one attached hydrogen (secondary N) is 1. The van der Waals surface area contributed by atoms with Gasteiger partial charge in [0.25, 0.3) is 0 Å². The van der Waals surface area contributed by atoms with Gasteiger partial charge in [0.2, 0.25) is 11.8 Å². The van der Waals surface area contributed by atoms with Crippen LogP contribution in [0.2, 0.25) is 0 Å². The molecule has 33 heavy (non-hydrogen) atoms. The van der Waals surface area contributed by atoms with E-state index in [-0.39, 0.29) is 11.6 Å². The van der Waals surface area contributed by atoms with Crippen molar-refractivity contribution in [2.45, 2.75) is 19.0 Å². The Morgan fingerprint density at radius 3 is 2.39 bits per heavy atom. The fraction of sp³-hybridized carbons (Fsp3) is 0.333. The monoisotopic (exact) mass is 459 g/mol. The van der Waals surface area contributed by atoms with Crippen molar-refractivity contribution in [3.05, 3.63) is 59.7 Å². The number of rotatable bonds is 5. The number of alkyl halides is 3. The summed E-state index contributed by atoms with van der Waals surface area (Å²) in [7, 11) is 0. The van der Waals surface area contributed by atoms with E-state index < -0.39 is 17.6 Å². The van der Waals surface area contributed by atoms with Crippen LogP contribution in [0, 0.1) is 0 Å². The molecular weight excluding hydrogens is 435 g/mol. The van der Waals surface area contributed by atoms with E-state index in [0.29, 0.717) is 45.0 Å². The highest BCUT2D eigenvalue weighted by Gasteiger charge is 2.32. The van der Waals surface area contributed by atoms with Crippen LogP contribution in [0.5, 0.6) is 0 Å². The van der Waals surface area contributed by atoms with Gasteiger partial charge in [0.15, 0.2) is 0 Å². The molecule has 2 aliphatic rings. The Kier molecular flexibility index (Phi) is 6.69. The third kappa shape index (κ3) is 5.54. The second kappa shape index (κ2) is 9.66. The van der Waals surface area contributed by atoms with E-state index in [1.165, 1.54) is 12.1 Å². The molecule has 2 fully saturated rings. The number of anilines is 3. The standard InChI is InChI=1S/C24H24F3N3O3/c25-24(26,27)18-6-9-21(29-12-14-33-15-13-29)20(16-18)28-22(31)10-5-17-3-7-19(8-4-17)30-11-1-2-23(30)32/h3-10,16H,1-2,11-15H2,(H,28,31)/b10-5+. The van der Waals surface area contributed by atoms with Crippen LogP contribution in [0.15, 0.2) is 48.5 Å². The largest absolute Gasteiger partial charge is 0.416 e. The van der Waals surface area contributed by atoms with Crippen molar-refractivity contribution in [1.82, 2.24) is 0 Å². The first-order valence-electron chi connectivity index (χ1n) is 10.7. The van der Waals surface area contributed by atoms with Crippen molar-refractivity contribution in [3.8, 4) is 0 Å². The number of benzene rings is 2. The molecule has 0 unspecified atom stereocenters. The summed E-state index contributed by atoms with van der Waals surface area (Å²) in [5, 5.41) is 2.59. The number of hydrogen-bond acceptors (Lipinski definition) is 4. The molecule has 4 rings (SSSR count). The Morgan fingerprint density at radius 2 is 1.76 bits per heavy atom. The lowest BCUT2D eigenvalue weighted by Crippen LogP contribution is -2.36. The molecule has 0 atom stereocenters. The lowest BCUT2D eigenvalue weighted by Gasteiger charge is -2.30. The maximum atomic E-state index is 13.2. The zero-order valence-corrected chi connectivity index (χ0v) is 17.9. The third-order valence-electron chi connectivity index (χ3n) is 5.64. The van der Waals surface area contributed by atoms with E-state index >= 15 is 0 Å². The summed E-state index contributed by atoms with van der Waals surface area (Å²) in [4.78, 5) is 28.0. The number of halogens is 3. The van der Waals surface area contributed by atoms with Crippen molar-refractivity contribution >= 4 is 35.0 Å². The Bertz CT molecular complexity index is 1050. The predicted molar refractivity (Wildman–Crippen MR) is 120 cm³/mol. The van der Waals surface area contributed by atoms with Gasteiger partial charge in [0.05, 0.1) is 30.2 Å². The zero-order valence-electron chi connectivity index (χ0n) is 17.9. The van der Waals surface area contributed by atoms with Gasteiger partial charge in [-0.25, -0.2) is 0 Å². The molecule has 9 heteroatoms. The molecule has 2 aromatic carbocycles. The summed E-state index contributed by atoms with van der Waals surface area (Å²) in [6, 6.07) is 10.5. The summed E-state index contributed by atoms with van der Waals surface area (Å²) in [6.45, 7) is 2.67. The van der Waals surface area contributed by atoms with Crippen molar-refractivity contribution in [3.63, 3.8) is 0 Å². The van der Waals surface area contributed by atoms with E-state index in [1.807, 2.05) is 17.0 Å². The van der Waals surface area contributed by atoms with Gasteiger partial charge in [0.1, 0.15) is 0 Å². The highest BCUT2D eigenvalue weighted by molar-refractivity contribution is 6.04. The maximum Gasteiger partial charge on any atom is 0.416 e. The summed E-state index contributed by atoms with van der Waals surface area (Å²) in [6.07, 6.45) is -0.282. The number of morpholine rings is 1. The number of carbonyl (C=O) groups excluding carboxylic acids is 2. The van der Waals surface area contributed by atoms with Crippen molar-refractivity contribution < 1.29 is 27.5 Å². The number of nitrogens with zero attached hydrogens (tertiary/aromatic N) is 2. The highest BCUT2D eigenvalue weighted by atomic mass is 19.4. The van der Waals surface area contributed by atoms with E-state index in [0.717, 1.165) is 29.8 Å². The van der Waals surface area contributed by atoms with Crippen LogP contribution in [0.25, 0.3) is 6.08 Å². The first-order chi connectivity index (χ1) is 15.8. The van der Waals surface area contributed by atoms with E-state index in [2.05, 4.69) is 5.32 Å². The molecule has 1 N–H and O–H groups in total. The molecule has 0 aliphatic carbocycles. The van der Waals surface area contributed by atoms with Crippen LogP contribution in [-0.4, -0.2) is 44.7 Å². The SMILES string of the molecule is O=C(/C=C/c1ccc(N2CCCC2=O)cc1)Nc1cc(C(F)(F)F)ccc1N1CCOCC1. The predicted octanol–water partition coefficient (Wildman–Crippen LogP) is 4.32. The van der Waals surface area contributed by atoms with Crippen LogP contribution in [-0.2, 0) is 20.5 Å². The number of hydrogen-bond donors (Lipinski definition) is 1. The van der Waals surface area contributed by atoms with Crippen molar-refractivity contribution in [2.24, 2.45) is 0 Å². The average Bonchev–Trinajstić information content (AvgIpc) is 3.24. The molecule has 0 spiro atoms. The molecule has 6 nitrogen and oxygen atoms in total. The van der Waals surface area contributed by atoms with Gasteiger partial charge in [0, 0.05) is 37.8 Å². The van der Waals surface area contributed by atoms with E-state index in [4.69, 9.17) is 4.74 Å². The summed E-state index contributed by atoms with van der Waals surface area (Å²) < 4.78 is 45.0. The van der Waals surface area contributed by atoms with Crippen molar-refractivity contribution in [1.29, 1.82) is 0 Å². The highest BCUT2D eigenvalue weighted by Crippen LogP contribution is 2.35. The van der Waals surface area contributed by atoms with Crippen LogP contribution < -0.4 is 15.1 Å². The summed E-state index contributed by atoms with van der Waals surface area (Å²) in [5.41, 5.74) is 1.33. The molecule has 2 amide bonds. The molecule has 0 radical (unpaired) electrons. The molecule has 2 saturated heterocycles. The van der Waals surface area contributed by atoms with Gasteiger partial charge < -0.3 is 19.9 Å². The first kappa shape index (κ1) is 22.8.